The highest BCUT2D eigenvalue weighted by Crippen LogP contribution is 2.25. The zero-order chi connectivity index (χ0) is 16.1. The van der Waals surface area contributed by atoms with Gasteiger partial charge in [0.1, 0.15) is 10.8 Å². The summed E-state index contributed by atoms with van der Waals surface area (Å²) in [5.41, 5.74) is 3.74. The van der Waals surface area contributed by atoms with Crippen molar-refractivity contribution < 1.29 is 4.74 Å². The average Bonchev–Trinajstić information content (AvgIpc) is 3.09. The maximum atomic E-state index is 8.80. The molecule has 0 fully saturated rings. The summed E-state index contributed by atoms with van der Waals surface area (Å²) in [7, 11) is 1.66. The number of rotatable bonds is 4. The van der Waals surface area contributed by atoms with Gasteiger partial charge in [0, 0.05) is 10.9 Å². The van der Waals surface area contributed by atoms with Crippen LogP contribution < -0.4 is 4.74 Å². The van der Waals surface area contributed by atoms with Gasteiger partial charge in [0.15, 0.2) is 0 Å². The molecule has 3 nitrogen and oxygen atoms in total. The van der Waals surface area contributed by atoms with E-state index in [1.54, 1.807) is 18.4 Å². The average molecular weight is 318 g/mol. The fourth-order valence-electron chi connectivity index (χ4n) is 2.09. The van der Waals surface area contributed by atoms with Crippen molar-refractivity contribution >= 4 is 23.5 Å². The third kappa shape index (κ3) is 3.65. The summed E-state index contributed by atoms with van der Waals surface area (Å²) >= 11 is 1.60. The largest absolute Gasteiger partial charge is 0.497 e. The van der Waals surface area contributed by atoms with Gasteiger partial charge < -0.3 is 4.74 Å². The standard InChI is InChI=1S/C19H14N2OS/c1-22-17-9-7-16(8-10-17)18-13-23-19(21-18)11-6-14-2-4-15(12-20)5-3-14/h2-11,13H,1H3. The summed E-state index contributed by atoms with van der Waals surface area (Å²) in [6.07, 6.45) is 3.98. The molecule has 0 aliphatic carbocycles. The number of benzene rings is 2. The number of nitrogens with zero attached hydrogens (tertiary/aromatic N) is 2. The molecule has 23 heavy (non-hydrogen) atoms. The molecule has 1 heterocycles. The molecule has 0 amide bonds. The minimum absolute atomic E-state index is 0.665. The molecule has 1 aromatic heterocycles. The molecule has 0 atom stereocenters. The van der Waals surface area contributed by atoms with Crippen LogP contribution in [-0.4, -0.2) is 12.1 Å². The van der Waals surface area contributed by atoms with Gasteiger partial charge in [-0.15, -0.1) is 11.3 Å². The first-order chi connectivity index (χ1) is 11.3. The number of nitriles is 1. The van der Waals surface area contributed by atoms with Crippen molar-refractivity contribution in [1.29, 1.82) is 5.26 Å². The highest BCUT2D eigenvalue weighted by molar-refractivity contribution is 7.10. The lowest BCUT2D eigenvalue weighted by Crippen LogP contribution is -1.82. The topological polar surface area (TPSA) is 45.9 Å². The van der Waals surface area contributed by atoms with E-state index in [-0.39, 0.29) is 0 Å². The Morgan fingerprint density at radius 1 is 1.04 bits per heavy atom. The normalized spacial score (nSPS) is 10.6. The Kier molecular flexibility index (Phi) is 4.51. The number of methoxy groups -OCH3 is 1. The van der Waals surface area contributed by atoms with E-state index in [1.165, 1.54) is 0 Å². The summed E-state index contributed by atoms with van der Waals surface area (Å²) in [6, 6.07) is 17.4. The summed E-state index contributed by atoms with van der Waals surface area (Å²) in [4.78, 5) is 4.62. The van der Waals surface area contributed by atoms with Crippen molar-refractivity contribution in [2.75, 3.05) is 7.11 Å². The van der Waals surface area contributed by atoms with Gasteiger partial charge in [-0.1, -0.05) is 18.2 Å². The highest BCUT2D eigenvalue weighted by Gasteiger charge is 2.03. The van der Waals surface area contributed by atoms with Gasteiger partial charge in [-0.3, -0.25) is 0 Å². The molecule has 0 spiro atoms. The van der Waals surface area contributed by atoms with Gasteiger partial charge >= 0.3 is 0 Å². The molecule has 3 rings (SSSR count). The van der Waals surface area contributed by atoms with Gasteiger partial charge in [-0.05, 0) is 48.0 Å². The zero-order valence-corrected chi connectivity index (χ0v) is 13.4. The fraction of sp³-hybridized carbons (Fsp3) is 0.0526. The van der Waals surface area contributed by atoms with Crippen LogP contribution in [0.4, 0.5) is 0 Å². The zero-order valence-electron chi connectivity index (χ0n) is 12.6. The van der Waals surface area contributed by atoms with Gasteiger partial charge in [-0.25, -0.2) is 4.98 Å². The maximum absolute atomic E-state index is 8.80. The molecule has 0 radical (unpaired) electrons. The first-order valence-corrected chi connectivity index (χ1v) is 7.94. The molecule has 0 unspecified atom stereocenters. The van der Waals surface area contributed by atoms with E-state index in [0.29, 0.717) is 5.56 Å². The molecule has 0 aliphatic heterocycles. The SMILES string of the molecule is COc1ccc(-c2csc(C=Cc3ccc(C#N)cc3)n2)cc1. The van der Waals surface area contributed by atoms with Crippen LogP contribution in [0.15, 0.2) is 53.9 Å². The van der Waals surface area contributed by atoms with E-state index >= 15 is 0 Å². The lowest BCUT2D eigenvalue weighted by Gasteiger charge is -2.00. The molecular formula is C19H14N2OS. The van der Waals surface area contributed by atoms with Gasteiger partial charge in [0.2, 0.25) is 0 Å². The predicted molar refractivity (Wildman–Crippen MR) is 94.2 cm³/mol. The molecule has 0 bridgehead atoms. The van der Waals surface area contributed by atoms with Crippen molar-refractivity contribution in [1.82, 2.24) is 4.98 Å². The number of ether oxygens (including phenoxy) is 1. The molecule has 2 aromatic carbocycles. The van der Waals surface area contributed by atoms with Crippen LogP contribution in [0, 0.1) is 11.3 Å². The lowest BCUT2D eigenvalue weighted by molar-refractivity contribution is 0.415. The molecule has 0 saturated carbocycles. The molecule has 3 aromatic rings. The second kappa shape index (κ2) is 6.91. The Balaban J connectivity index is 1.75. The fourth-order valence-corrected chi connectivity index (χ4v) is 2.81. The van der Waals surface area contributed by atoms with Crippen LogP contribution in [0.3, 0.4) is 0 Å². The third-order valence-electron chi connectivity index (χ3n) is 3.37. The Morgan fingerprint density at radius 2 is 1.78 bits per heavy atom. The second-order valence-electron chi connectivity index (χ2n) is 4.87. The maximum Gasteiger partial charge on any atom is 0.118 e. The summed E-state index contributed by atoms with van der Waals surface area (Å²) in [6.45, 7) is 0. The summed E-state index contributed by atoms with van der Waals surface area (Å²) in [5, 5.41) is 11.8. The smallest absolute Gasteiger partial charge is 0.118 e. The van der Waals surface area contributed by atoms with Crippen molar-refractivity contribution in [2.24, 2.45) is 0 Å². The van der Waals surface area contributed by atoms with Crippen LogP contribution >= 0.6 is 11.3 Å². The van der Waals surface area contributed by atoms with Gasteiger partial charge in [0.25, 0.3) is 0 Å². The highest BCUT2D eigenvalue weighted by atomic mass is 32.1. The Morgan fingerprint density at radius 3 is 2.43 bits per heavy atom. The third-order valence-corrected chi connectivity index (χ3v) is 4.18. The Hall–Kier alpha value is -2.90. The second-order valence-corrected chi connectivity index (χ2v) is 5.76. The van der Waals surface area contributed by atoms with Crippen molar-refractivity contribution in [3.05, 3.63) is 70.0 Å². The molecule has 0 N–H and O–H groups in total. The van der Waals surface area contributed by atoms with Crippen LogP contribution in [0.25, 0.3) is 23.4 Å². The first kappa shape index (κ1) is 15.0. The van der Waals surface area contributed by atoms with E-state index < -0.39 is 0 Å². The molecular weight excluding hydrogens is 304 g/mol. The molecule has 4 heteroatoms. The first-order valence-electron chi connectivity index (χ1n) is 7.07. The van der Waals surface area contributed by atoms with Crippen LogP contribution in [0.2, 0.25) is 0 Å². The minimum atomic E-state index is 0.665. The van der Waals surface area contributed by atoms with Gasteiger partial charge in [-0.2, -0.15) is 5.26 Å². The quantitative estimate of drug-likeness (QED) is 0.690. The lowest BCUT2D eigenvalue weighted by atomic mass is 10.1. The van der Waals surface area contributed by atoms with Crippen molar-refractivity contribution in [2.45, 2.75) is 0 Å². The molecule has 0 saturated heterocycles. The van der Waals surface area contributed by atoms with Gasteiger partial charge in [0.05, 0.1) is 24.4 Å². The van der Waals surface area contributed by atoms with Crippen molar-refractivity contribution in [3.8, 4) is 23.1 Å². The Bertz CT molecular complexity index is 856. The van der Waals surface area contributed by atoms with E-state index in [0.717, 1.165) is 27.6 Å². The predicted octanol–water partition coefficient (Wildman–Crippen LogP) is 4.86. The Labute approximate surface area is 139 Å². The minimum Gasteiger partial charge on any atom is -0.497 e. The summed E-state index contributed by atoms with van der Waals surface area (Å²) < 4.78 is 5.17. The van der Waals surface area contributed by atoms with E-state index in [2.05, 4.69) is 11.1 Å². The van der Waals surface area contributed by atoms with Crippen LogP contribution in [0.1, 0.15) is 16.1 Å². The summed E-state index contributed by atoms with van der Waals surface area (Å²) in [5.74, 6) is 0.838. The number of thiazole rings is 1. The van der Waals surface area contributed by atoms with E-state index in [1.807, 2.05) is 66.1 Å². The van der Waals surface area contributed by atoms with Crippen molar-refractivity contribution in [3.63, 3.8) is 0 Å². The van der Waals surface area contributed by atoms with Crippen LogP contribution in [0.5, 0.6) is 5.75 Å². The van der Waals surface area contributed by atoms with E-state index in [9.17, 15) is 0 Å². The molecule has 112 valence electrons. The molecule has 0 aliphatic rings. The number of hydrogen-bond acceptors (Lipinski definition) is 4. The number of aromatic nitrogens is 1. The monoisotopic (exact) mass is 318 g/mol. The van der Waals surface area contributed by atoms with Crippen LogP contribution in [-0.2, 0) is 0 Å². The number of hydrogen-bond donors (Lipinski definition) is 0. The van der Waals surface area contributed by atoms with E-state index in [4.69, 9.17) is 10.00 Å².